The molecule has 2 N–H and O–H groups in total. The number of benzene rings is 2. The Morgan fingerprint density at radius 3 is 2.88 bits per heavy atom. The van der Waals surface area contributed by atoms with Gasteiger partial charge in [0, 0.05) is 29.3 Å². The summed E-state index contributed by atoms with van der Waals surface area (Å²) in [5.74, 6) is 2.24. The maximum absolute atomic E-state index is 13.1. The van der Waals surface area contributed by atoms with E-state index < -0.39 is 5.60 Å². The zero-order valence-corrected chi connectivity index (χ0v) is 20.6. The molecule has 1 aliphatic carbocycles. The van der Waals surface area contributed by atoms with Crippen LogP contribution >= 0.6 is 11.5 Å². The fraction of sp³-hybridized carbons (Fsp3) is 0.423. The van der Waals surface area contributed by atoms with E-state index in [1.165, 1.54) is 24.4 Å². The molecule has 0 saturated heterocycles. The van der Waals surface area contributed by atoms with Crippen molar-refractivity contribution >= 4 is 28.8 Å². The molecule has 0 unspecified atom stereocenters. The minimum absolute atomic E-state index is 0.00938. The Hall–Kier alpha value is -2.97. The molecule has 1 fully saturated rings. The summed E-state index contributed by atoms with van der Waals surface area (Å²) in [5, 5.41) is 14.2. The molecule has 2 heterocycles. The van der Waals surface area contributed by atoms with Gasteiger partial charge in [-0.3, -0.25) is 4.79 Å². The minimum Gasteiger partial charge on any atom is -0.490 e. The molecule has 1 amide bonds. The van der Waals surface area contributed by atoms with E-state index in [1.54, 1.807) is 13.8 Å². The first-order chi connectivity index (χ1) is 16.3. The first-order valence-electron chi connectivity index (χ1n) is 11.7. The van der Waals surface area contributed by atoms with E-state index in [4.69, 9.17) is 9.72 Å². The number of fused-ring (bicyclic) bond motifs is 1. The largest absolute Gasteiger partial charge is 0.490 e. The molecule has 2 aliphatic rings. The summed E-state index contributed by atoms with van der Waals surface area (Å²) in [4.78, 5) is 19.6. The Labute approximate surface area is 204 Å². The molecule has 1 aliphatic heterocycles. The van der Waals surface area contributed by atoms with Gasteiger partial charge >= 0.3 is 0 Å². The van der Waals surface area contributed by atoms with Crippen molar-refractivity contribution in [1.82, 2.24) is 9.36 Å². The van der Waals surface area contributed by atoms with Gasteiger partial charge < -0.3 is 20.1 Å². The molecular weight excluding hydrogens is 448 g/mol. The molecule has 0 spiro atoms. The topological polar surface area (TPSA) is 87.6 Å². The number of hydrogen-bond acceptors (Lipinski definition) is 7. The van der Waals surface area contributed by atoms with Gasteiger partial charge in [0.25, 0.3) is 0 Å². The van der Waals surface area contributed by atoms with Crippen LogP contribution < -0.4 is 15.0 Å². The summed E-state index contributed by atoms with van der Waals surface area (Å²) in [6.07, 6.45) is 3.11. The molecule has 34 heavy (non-hydrogen) atoms. The summed E-state index contributed by atoms with van der Waals surface area (Å²) in [6, 6.07) is 11.9. The second kappa shape index (κ2) is 9.00. The summed E-state index contributed by atoms with van der Waals surface area (Å²) < 4.78 is 10.4. The zero-order chi connectivity index (χ0) is 23.9. The number of nitrogens with one attached hydrogen (secondary N) is 1. The Bertz CT molecular complexity index is 1210. The van der Waals surface area contributed by atoms with Crippen LogP contribution in [0.5, 0.6) is 5.75 Å². The lowest BCUT2D eigenvalue weighted by molar-refractivity contribution is -0.116. The average Bonchev–Trinajstić information content (AvgIpc) is 3.36. The minimum atomic E-state index is -0.915. The van der Waals surface area contributed by atoms with E-state index in [1.807, 2.05) is 30.0 Å². The van der Waals surface area contributed by atoms with Crippen LogP contribution in [0.3, 0.4) is 0 Å². The number of aromatic nitrogens is 2. The van der Waals surface area contributed by atoms with Crippen LogP contribution in [-0.2, 0) is 11.2 Å². The number of ether oxygens (including phenoxy) is 1. The summed E-state index contributed by atoms with van der Waals surface area (Å²) in [5.41, 5.74) is 4.00. The third kappa shape index (κ3) is 4.93. The molecule has 8 heteroatoms. The van der Waals surface area contributed by atoms with Crippen LogP contribution in [0.2, 0.25) is 0 Å². The van der Waals surface area contributed by atoms with Crippen LogP contribution in [0.4, 0.5) is 11.4 Å². The Balaban J connectivity index is 1.26. The van der Waals surface area contributed by atoms with Gasteiger partial charge in [-0.05, 0) is 75.3 Å². The smallest absolute Gasteiger partial charge is 0.246 e. The molecule has 0 radical (unpaired) electrons. The van der Waals surface area contributed by atoms with Crippen LogP contribution in [0.1, 0.15) is 49.6 Å². The van der Waals surface area contributed by atoms with Crippen LogP contribution in [0.15, 0.2) is 36.4 Å². The van der Waals surface area contributed by atoms with Gasteiger partial charge in [0.05, 0.1) is 17.8 Å². The fourth-order valence-electron chi connectivity index (χ4n) is 4.12. The molecule has 0 atom stereocenters. The van der Waals surface area contributed by atoms with Crippen molar-refractivity contribution in [2.45, 2.75) is 51.6 Å². The lowest BCUT2D eigenvalue weighted by atomic mass is 10.1. The molecule has 3 aromatic rings. The molecule has 5 rings (SSSR count). The van der Waals surface area contributed by atoms with E-state index in [2.05, 4.69) is 27.9 Å². The standard InChI is InChI=1S/C26H30N4O3S/c1-16-7-8-18(25-28-24(29-34-25)17-9-10-17)13-20(16)27-14-23(31)30-12-11-19-21(30)5-4-6-22(19)33-15-26(2,3)32/h4-8,13,17,27,32H,9-12,14-15H2,1-3H3. The quantitative estimate of drug-likeness (QED) is 0.494. The highest BCUT2D eigenvalue weighted by Crippen LogP contribution is 2.40. The number of rotatable bonds is 8. The first-order valence-corrected chi connectivity index (χ1v) is 12.5. The third-order valence-electron chi connectivity index (χ3n) is 6.17. The molecule has 2 aromatic carbocycles. The van der Waals surface area contributed by atoms with Gasteiger partial charge in [-0.25, -0.2) is 4.98 Å². The Morgan fingerprint density at radius 2 is 2.12 bits per heavy atom. The highest BCUT2D eigenvalue weighted by molar-refractivity contribution is 7.09. The van der Waals surface area contributed by atoms with Crippen molar-refractivity contribution in [1.29, 1.82) is 0 Å². The number of hydrogen-bond donors (Lipinski definition) is 2. The maximum Gasteiger partial charge on any atom is 0.246 e. The van der Waals surface area contributed by atoms with Gasteiger partial charge in [-0.1, -0.05) is 18.2 Å². The summed E-state index contributed by atoms with van der Waals surface area (Å²) >= 11 is 1.44. The van der Waals surface area contributed by atoms with Crippen LogP contribution in [0.25, 0.3) is 10.6 Å². The Morgan fingerprint density at radius 1 is 1.29 bits per heavy atom. The maximum atomic E-state index is 13.1. The number of carbonyl (C=O) groups is 1. The SMILES string of the molecule is Cc1ccc(-c2nc(C3CC3)ns2)cc1NCC(=O)N1CCc2c(OCC(C)(C)O)cccc21. The number of anilines is 2. The predicted octanol–water partition coefficient (Wildman–Crippen LogP) is 4.54. The molecular formula is C26H30N4O3S. The molecule has 0 bridgehead atoms. The predicted molar refractivity (Wildman–Crippen MR) is 135 cm³/mol. The third-order valence-corrected chi connectivity index (χ3v) is 6.94. The number of nitrogens with zero attached hydrogens (tertiary/aromatic N) is 3. The monoisotopic (exact) mass is 478 g/mol. The van der Waals surface area contributed by atoms with Crippen molar-refractivity contribution in [2.24, 2.45) is 0 Å². The van der Waals surface area contributed by atoms with Gasteiger partial charge in [0.15, 0.2) is 0 Å². The van der Waals surface area contributed by atoms with Gasteiger partial charge in [-0.15, -0.1) is 0 Å². The number of aryl methyl sites for hydroxylation is 1. The highest BCUT2D eigenvalue weighted by Gasteiger charge is 2.29. The van der Waals surface area contributed by atoms with E-state index in [0.717, 1.165) is 51.1 Å². The van der Waals surface area contributed by atoms with E-state index in [9.17, 15) is 9.90 Å². The van der Waals surface area contributed by atoms with Crippen molar-refractivity contribution in [3.05, 3.63) is 53.3 Å². The van der Waals surface area contributed by atoms with Crippen molar-refractivity contribution < 1.29 is 14.6 Å². The van der Waals surface area contributed by atoms with E-state index in [0.29, 0.717) is 12.5 Å². The van der Waals surface area contributed by atoms with Gasteiger partial charge in [0.2, 0.25) is 5.91 Å². The summed E-state index contributed by atoms with van der Waals surface area (Å²) in [6.45, 7) is 6.47. The molecule has 1 saturated carbocycles. The zero-order valence-electron chi connectivity index (χ0n) is 19.8. The normalized spacial score (nSPS) is 15.4. The summed E-state index contributed by atoms with van der Waals surface area (Å²) in [7, 11) is 0. The van der Waals surface area contributed by atoms with E-state index >= 15 is 0 Å². The lowest BCUT2D eigenvalue weighted by Crippen LogP contribution is -2.34. The molecule has 178 valence electrons. The average molecular weight is 479 g/mol. The van der Waals surface area contributed by atoms with Crippen LogP contribution in [-0.4, -0.2) is 45.7 Å². The van der Waals surface area contributed by atoms with Crippen molar-refractivity contribution in [3.63, 3.8) is 0 Å². The second-order valence-corrected chi connectivity index (χ2v) is 10.5. The van der Waals surface area contributed by atoms with Crippen molar-refractivity contribution in [2.75, 3.05) is 29.9 Å². The first kappa shape index (κ1) is 22.8. The highest BCUT2D eigenvalue weighted by atomic mass is 32.1. The van der Waals surface area contributed by atoms with Gasteiger partial charge in [-0.2, -0.15) is 4.37 Å². The second-order valence-electron chi connectivity index (χ2n) is 9.77. The number of aliphatic hydroxyl groups is 1. The lowest BCUT2D eigenvalue weighted by Gasteiger charge is -2.21. The van der Waals surface area contributed by atoms with Gasteiger partial charge in [0.1, 0.15) is 23.2 Å². The van der Waals surface area contributed by atoms with Crippen LogP contribution in [0, 0.1) is 6.92 Å². The molecule has 1 aromatic heterocycles. The van der Waals surface area contributed by atoms with Crippen molar-refractivity contribution in [3.8, 4) is 16.3 Å². The fourth-order valence-corrected chi connectivity index (χ4v) is 4.86. The number of carbonyl (C=O) groups excluding carboxylic acids is 1. The van der Waals surface area contributed by atoms with E-state index in [-0.39, 0.29) is 19.1 Å². The number of amides is 1. The Kier molecular flexibility index (Phi) is 6.04. The molecule has 7 nitrogen and oxygen atoms in total.